The summed E-state index contributed by atoms with van der Waals surface area (Å²) >= 11 is 0. The third-order valence-corrected chi connectivity index (χ3v) is 2.37. The molecule has 1 aromatic rings. The van der Waals surface area contributed by atoms with Crippen LogP contribution in [0.4, 0.5) is 0 Å². The Morgan fingerprint density at radius 3 is 2.89 bits per heavy atom. The number of amides is 1. The second-order valence-electron chi connectivity index (χ2n) is 3.76. The van der Waals surface area contributed by atoms with Crippen LogP contribution in [0.25, 0.3) is 0 Å². The van der Waals surface area contributed by atoms with Crippen molar-refractivity contribution in [2.45, 2.75) is 13.5 Å². The summed E-state index contributed by atoms with van der Waals surface area (Å²) in [6.45, 7) is 6.59. The minimum absolute atomic E-state index is 0.0784. The van der Waals surface area contributed by atoms with E-state index in [-0.39, 0.29) is 12.5 Å². The minimum Gasteiger partial charge on any atom is -0.490 e. The first-order valence-corrected chi connectivity index (χ1v) is 6.18. The van der Waals surface area contributed by atoms with Gasteiger partial charge in [0.15, 0.2) is 18.1 Å². The van der Waals surface area contributed by atoms with Crippen LogP contribution >= 0.6 is 0 Å². The van der Waals surface area contributed by atoms with E-state index in [4.69, 9.17) is 15.2 Å². The molecular weight excluding hydrogens is 244 g/mol. The van der Waals surface area contributed by atoms with Crippen LogP contribution in [0.1, 0.15) is 12.5 Å². The highest BCUT2D eigenvalue weighted by Gasteiger charge is 2.11. The second-order valence-corrected chi connectivity index (χ2v) is 3.76. The van der Waals surface area contributed by atoms with Crippen molar-refractivity contribution in [1.29, 1.82) is 0 Å². The van der Waals surface area contributed by atoms with Gasteiger partial charge in [-0.15, -0.1) is 6.58 Å². The standard InChI is InChI=1S/C14H20N2O3/c1-3-8-16-13(17)10-19-14-11(9-15)6-5-7-12(14)18-4-2/h3,5-7H,1,4,8-10,15H2,2H3,(H,16,17). The third kappa shape index (κ3) is 4.63. The van der Waals surface area contributed by atoms with Crippen molar-refractivity contribution in [2.24, 2.45) is 5.73 Å². The first kappa shape index (κ1) is 15.0. The van der Waals surface area contributed by atoms with Crippen molar-refractivity contribution in [3.63, 3.8) is 0 Å². The topological polar surface area (TPSA) is 73.6 Å². The lowest BCUT2D eigenvalue weighted by Gasteiger charge is -2.14. The summed E-state index contributed by atoms with van der Waals surface area (Å²) in [6, 6.07) is 5.48. The molecule has 0 aliphatic rings. The lowest BCUT2D eigenvalue weighted by atomic mass is 10.2. The van der Waals surface area contributed by atoms with Crippen LogP contribution in [0.2, 0.25) is 0 Å². The SMILES string of the molecule is C=CCNC(=O)COc1c(CN)cccc1OCC. The van der Waals surface area contributed by atoms with Crippen LogP contribution in [-0.4, -0.2) is 25.7 Å². The van der Waals surface area contributed by atoms with Gasteiger partial charge in [0.1, 0.15) is 0 Å². The fourth-order valence-corrected chi connectivity index (χ4v) is 1.53. The molecule has 19 heavy (non-hydrogen) atoms. The first-order valence-electron chi connectivity index (χ1n) is 6.18. The molecule has 3 N–H and O–H groups in total. The molecule has 0 spiro atoms. The van der Waals surface area contributed by atoms with E-state index >= 15 is 0 Å². The number of ether oxygens (including phenoxy) is 2. The van der Waals surface area contributed by atoms with Crippen molar-refractivity contribution in [2.75, 3.05) is 19.8 Å². The predicted molar refractivity (Wildman–Crippen MR) is 74.2 cm³/mol. The fraction of sp³-hybridized carbons (Fsp3) is 0.357. The summed E-state index contributed by atoms with van der Waals surface area (Å²) in [6.07, 6.45) is 1.61. The maximum atomic E-state index is 11.5. The van der Waals surface area contributed by atoms with E-state index in [0.717, 1.165) is 5.56 Å². The first-order chi connectivity index (χ1) is 9.22. The van der Waals surface area contributed by atoms with E-state index in [0.29, 0.717) is 31.2 Å². The zero-order chi connectivity index (χ0) is 14.1. The van der Waals surface area contributed by atoms with Crippen molar-refractivity contribution >= 4 is 5.91 Å². The Labute approximate surface area is 113 Å². The van der Waals surface area contributed by atoms with Crippen LogP contribution in [-0.2, 0) is 11.3 Å². The summed E-state index contributed by atoms with van der Waals surface area (Å²) in [5.74, 6) is 0.914. The second kappa shape index (κ2) is 8.16. The van der Waals surface area contributed by atoms with Gasteiger partial charge in [-0.05, 0) is 13.0 Å². The van der Waals surface area contributed by atoms with E-state index in [1.165, 1.54) is 0 Å². The summed E-state index contributed by atoms with van der Waals surface area (Å²) in [4.78, 5) is 11.5. The smallest absolute Gasteiger partial charge is 0.258 e. The maximum Gasteiger partial charge on any atom is 0.258 e. The van der Waals surface area contributed by atoms with E-state index in [1.807, 2.05) is 19.1 Å². The monoisotopic (exact) mass is 264 g/mol. The number of carbonyl (C=O) groups excluding carboxylic acids is 1. The Morgan fingerprint density at radius 1 is 1.47 bits per heavy atom. The van der Waals surface area contributed by atoms with Gasteiger partial charge in [-0.2, -0.15) is 0 Å². The molecule has 1 rings (SSSR count). The third-order valence-electron chi connectivity index (χ3n) is 2.37. The number of benzene rings is 1. The minimum atomic E-state index is -0.214. The van der Waals surface area contributed by atoms with Crippen LogP contribution in [0.5, 0.6) is 11.5 Å². The molecule has 5 nitrogen and oxygen atoms in total. The zero-order valence-electron chi connectivity index (χ0n) is 11.1. The number of hydrogen-bond acceptors (Lipinski definition) is 4. The highest BCUT2D eigenvalue weighted by molar-refractivity contribution is 5.77. The molecule has 0 aliphatic carbocycles. The molecule has 1 aromatic carbocycles. The summed E-state index contributed by atoms with van der Waals surface area (Å²) < 4.78 is 11.0. The number of para-hydroxylation sites is 1. The van der Waals surface area contributed by atoms with E-state index in [2.05, 4.69) is 11.9 Å². The van der Waals surface area contributed by atoms with Gasteiger partial charge in [0.05, 0.1) is 6.61 Å². The van der Waals surface area contributed by atoms with Gasteiger partial charge in [0.25, 0.3) is 5.91 Å². The van der Waals surface area contributed by atoms with E-state index in [1.54, 1.807) is 12.1 Å². The Morgan fingerprint density at radius 2 is 2.26 bits per heavy atom. The average Bonchev–Trinajstić information content (AvgIpc) is 2.43. The molecule has 0 fully saturated rings. The quantitative estimate of drug-likeness (QED) is 0.692. The Kier molecular flexibility index (Phi) is 6.46. The summed E-state index contributed by atoms with van der Waals surface area (Å²) in [7, 11) is 0. The van der Waals surface area contributed by atoms with Crippen molar-refractivity contribution < 1.29 is 14.3 Å². The molecule has 0 bridgehead atoms. The van der Waals surface area contributed by atoms with Gasteiger partial charge in [-0.1, -0.05) is 18.2 Å². The number of hydrogen-bond donors (Lipinski definition) is 2. The van der Waals surface area contributed by atoms with Crippen molar-refractivity contribution in [1.82, 2.24) is 5.32 Å². The Bertz CT molecular complexity index is 433. The molecular formula is C14H20N2O3. The number of carbonyl (C=O) groups is 1. The van der Waals surface area contributed by atoms with Crippen LogP contribution in [0.3, 0.4) is 0 Å². The lowest BCUT2D eigenvalue weighted by Crippen LogP contribution is -2.29. The summed E-state index contributed by atoms with van der Waals surface area (Å²) in [5.41, 5.74) is 6.46. The molecule has 0 aromatic heterocycles. The maximum absolute atomic E-state index is 11.5. The molecule has 1 amide bonds. The predicted octanol–water partition coefficient (Wildman–Crippen LogP) is 1.22. The molecule has 0 atom stereocenters. The lowest BCUT2D eigenvalue weighted by molar-refractivity contribution is -0.122. The Hall–Kier alpha value is -2.01. The molecule has 0 aliphatic heterocycles. The van der Waals surface area contributed by atoms with Gasteiger partial charge in [-0.25, -0.2) is 0 Å². The number of rotatable bonds is 8. The molecule has 0 saturated heterocycles. The van der Waals surface area contributed by atoms with Crippen LogP contribution < -0.4 is 20.5 Å². The van der Waals surface area contributed by atoms with Crippen LogP contribution in [0.15, 0.2) is 30.9 Å². The van der Waals surface area contributed by atoms with Gasteiger partial charge in [-0.3, -0.25) is 4.79 Å². The van der Waals surface area contributed by atoms with Gasteiger partial charge >= 0.3 is 0 Å². The zero-order valence-corrected chi connectivity index (χ0v) is 11.1. The average molecular weight is 264 g/mol. The van der Waals surface area contributed by atoms with Gasteiger partial charge in [0.2, 0.25) is 0 Å². The van der Waals surface area contributed by atoms with Crippen LogP contribution in [0, 0.1) is 0 Å². The fourth-order valence-electron chi connectivity index (χ4n) is 1.53. The molecule has 0 unspecified atom stereocenters. The summed E-state index contributed by atoms with van der Waals surface area (Å²) in [5, 5.41) is 2.64. The van der Waals surface area contributed by atoms with Gasteiger partial charge < -0.3 is 20.5 Å². The highest BCUT2D eigenvalue weighted by Crippen LogP contribution is 2.31. The van der Waals surface area contributed by atoms with Crippen molar-refractivity contribution in [3.8, 4) is 11.5 Å². The van der Waals surface area contributed by atoms with E-state index < -0.39 is 0 Å². The molecule has 5 heteroatoms. The molecule has 0 heterocycles. The Balaban J connectivity index is 2.74. The highest BCUT2D eigenvalue weighted by atomic mass is 16.5. The molecule has 0 saturated carbocycles. The molecule has 104 valence electrons. The number of nitrogens with one attached hydrogen (secondary N) is 1. The number of nitrogens with two attached hydrogens (primary N) is 1. The molecule has 0 radical (unpaired) electrons. The largest absolute Gasteiger partial charge is 0.490 e. The normalized spacial score (nSPS) is 9.79. The van der Waals surface area contributed by atoms with Gasteiger partial charge in [0, 0.05) is 18.7 Å². The van der Waals surface area contributed by atoms with E-state index in [9.17, 15) is 4.79 Å². The van der Waals surface area contributed by atoms with Crippen molar-refractivity contribution in [3.05, 3.63) is 36.4 Å².